The molecule has 0 bridgehead atoms. The van der Waals surface area contributed by atoms with E-state index in [0.717, 1.165) is 28.8 Å². The number of hydrogen-bond donors (Lipinski definition) is 2. The third kappa shape index (κ3) is 4.51. The molecule has 0 atom stereocenters. The van der Waals surface area contributed by atoms with E-state index in [2.05, 4.69) is 21.4 Å². The van der Waals surface area contributed by atoms with E-state index in [1.807, 2.05) is 30.3 Å². The first-order valence-corrected chi connectivity index (χ1v) is 9.91. The van der Waals surface area contributed by atoms with Crippen molar-refractivity contribution in [2.24, 2.45) is 0 Å². The summed E-state index contributed by atoms with van der Waals surface area (Å²) in [6.07, 6.45) is 0. The lowest BCUT2D eigenvalue weighted by Crippen LogP contribution is -2.18. The van der Waals surface area contributed by atoms with Gasteiger partial charge in [-0.15, -0.1) is 0 Å². The molecule has 0 aliphatic heterocycles. The van der Waals surface area contributed by atoms with Crippen LogP contribution < -0.4 is 10.9 Å². The lowest BCUT2D eigenvalue weighted by molar-refractivity contribution is -0.113. The number of carbonyl (C=O) groups is 1. The van der Waals surface area contributed by atoms with Gasteiger partial charge < -0.3 is 10.3 Å². The molecule has 2 aromatic heterocycles. The molecule has 10 heteroatoms. The second kappa shape index (κ2) is 8.30. The Morgan fingerprint density at radius 2 is 2.19 bits per heavy atom. The van der Waals surface area contributed by atoms with Gasteiger partial charge in [-0.25, -0.2) is 4.98 Å². The van der Waals surface area contributed by atoms with Crippen LogP contribution in [-0.4, -0.2) is 26.2 Å². The summed E-state index contributed by atoms with van der Waals surface area (Å²) in [4.78, 5) is 31.0. The van der Waals surface area contributed by atoms with Crippen LogP contribution in [0.2, 0.25) is 0 Å². The summed E-state index contributed by atoms with van der Waals surface area (Å²) in [5.41, 5.74) is 1.06. The van der Waals surface area contributed by atoms with Gasteiger partial charge in [0.2, 0.25) is 5.91 Å². The van der Waals surface area contributed by atoms with Gasteiger partial charge in [-0.1, -0.05) is 41.3 Å². The van der Waals surface area contributed by atoms with Crippen molar-refractivity contribution in [2.45, 2.75) is 12.1 Å². The molecule has 7 nitrogen and oxygen atoms in total. The van der Waals surface area contributed by atoms with Crippen LogP contribution in [-0.2, 0) is 4.79 Å². The number of hydrogen-bond acceptors (Lipinski definition) is 7. The molecular weight excluding hydrogens is 402 g/mol. The largest absolute Gasteiger partial charge is 0.309 e. The monoisotopic (exact) mass is 415 g/mol. The Balaban J connectivity index is 1.83. The maximum Gasteiger partial charge on any atom is 0.251 e. The van der Waals surface area contributed by atoms with E-state index in [1.165, 1.54) is 6.07 Å². The van der Waals surface area contributed by atoms with Crippen LogP contribution in [0.1, 0.15) is 10.6 Å². The van der Waals surface area contributed by atoms with Crippen LogP contribution >= 0.6 is 35.3 Å². The summed E-state index contributed by atoms with van der Waals surface area (Å²) in [5, 5.41) is 12.5. The van der Waals surface area contributed by atoms with Crippen LogP contribution in [0.15, 0.2) is 46.3 Å². The predicted molar refractivity (Wildman–Crippen MR) is 108 cm³/mol. The first-order chi connectivity index (χ1) is 13.0. The van der Waals surface area contributed by atoms with Gasteiger partial charge in [-0.3, -0.25) is 14.2 Å². The lowest BCUT2D eigenvalue weighted by atomic mass is 10.3. The number of anilines is 1. The van der Waals surface area contributed by atoms with Crippen LogP contribution in [0.25, 0.3) is 5.69 Å². The van der Waals surface area contributed by atoms with E-state index in [9.17, 15) is 14.9 Å². The smallest absolute Gasteiger partial charge is 0.251 e. The molecule has 0 saturated carbocycles. The number of para-hydroxylation sites is 1. The number of aromatic nitrogens is 3. The molecule has 27 heavy (non-hydrogen) atoms. The zero-order valence-corrected chi connectivity index (χ0v) is 16.5. The van der Waals surface area contributed by atoms with Gasteiger partial charge in [0.1, 0.15) is 16.8 Å². The quantitative estimate of drug-likeness (QED) is 0.377. The molecule has 0 fully saturated rings. The first kappa shape index (κ1) is 19.0. The first-order valence-electron chi connectivity index (χ1n) is 7.70. The van der Waals surface area contributed by atoms with Crippen molar-refractivity contribution in [3.63, 3.8) is 0 Å². The van der Waals surface area contributed by atoms with Crippen molar-refractivity contribution in [1.82, 2.24) is 14.5 Å². The Morgan fingerprint density at radius 1 is 1.44 bits per heavy atom. The van der Waals surface area contributed by atoms with E-state index >= 15 is 0 Å². The topological polar surface area (TPSA) is 104 Å². The number of H-pyrrole nitrogens is 1. The normalized spacial score (nSPS) is 10.4. The van der Waals surface area contributed by atoms with Gasteiger partial charge in [0.25, 0.3) is 5.56 Å². The van der Waals surface area contributed by atoms with E-state index in [4.69, 9.17) is 12.2 Å². The number of nitrogens with zero attached hydrogens (tertiary/aromatic N) is 3. The average molecular weight is 416 g/mol. The van der Waals surface area contributed by atoms with Crippen molar-refractivity contribution in [1.29, 1.82) is 5.26 Å². The third-order valence-electron chi connectivity index (χ3n) is 3.37. The van der Waals surface area contributed by atoms with Crippen molar-refractivity contribution < 1.29 is 4.79 Å². The van der Waals surface area contributed by atoms with Crippen molar-refractivity contribution >= 4 is 47.0 Å². The van der Waals surface area contributed by atoms with Gasteiger partial charge in [-0.2, -0.15) is 5.26 Å². The van der Waals surface area contributed by atoms with Crippen molar-refractivity contribution in [3.05, 3.63) is 61.3 Å². The van der Waals surface area contributed by atoms with E-state index in [-0.39, 0.29) is 17.2 Å². The number of aromatic amines is 1. The Hall–Kier alpha value is -2.74. The highest BCUT2D eigenvalue weighted by Gasteiger charge is 2.17. The van der Waals surface area contributed by atoms with Crippen molar-refractivity contribution in [2.75, 3.05) is 11.1 Å². The second-order valence-electron chi connectivity index (χ2n) is 5.36. The fraction of sp³-hybridized carbons (Fsp3) is 0.118. The molecule has 0 saturated heterocycles. The maximum atomic E-state index is 12.4. The highest BCUT2D eigenvalue weighted by atomic mass is 32.2. The Labute approximate surface area is 167 Å². The lowest BCUT2D eigenvalue weighted by Gasteiger charge is -2.10. The van der Waals surface area contributed by atoms with E-state index in [1.54, 1.807) is 11.5 Å². The van der Waals surface area contributed by atoms with Crippen molar-refractivity contribution in [3.8, 4) is 11.8 Å². The van der Waals surface area contributed by atoms with E-state index < -0.39 is 0 Å². The molecule has 136 valence electrons. The maximum absolute atomic E-state index is 12.4. The van der Waals surface area contributed by atoms with E-state index in [0.29, 0.717) is 25.5 Å². The fourth-order valence-electron chi connectivity index (χ4n) is 2.30. The zero-order chi connectivity index (χ0) is 19.4. The van der Waals surface area contributed by atoms with Crippen LogP contribution in [0.4, 0.5) is 5.82 Å². The number of benzene rings is 1. The Bertz CT molecular complexity index is 1140. The SMILES string of the molecule is Cc1cc(=O)[nH]c(SCC(=O)Nc2c(C#N)sc(=S)n2-c2ccccc2)n1. The highest BCUT2D eigenvalue weighted by molar-refractivity contribution is 7.99. The molecule has 3 aromatic rings. The fourth-order valence-corrected chi connectivity index (χ4v) is 4.21. The molecule has 0 aliphatic rings. The van der Waals surface area contributed by atoms with Gasteiger partial charge in [0.05, 0.1) is 5.75 Å². The molecule has 2 heterocycles. The minimum absolute atomic E-state index is 0.0225. The molecule has 0 radical (unpaired) electrons. The second-order valence-corrected chi connectivity index (χ2v) is 7.97. The number of rotatable bonds is 5. The minimum atomic E-state index is -0.335. The summed E-state index contributed by atoms with van der Waals surface area (Å²) >= 11 is 7.59. The number of aryl methyl sites for hydroxylation is 1. The minimum Gasteiger partial charge on any atom is -0.309 e. The van der Waals surface area contributed by atoms with Crippen LogP contribution in [0.5, 0.6) is 0 Å². The molecule has 0 unspecified atom stereocenters. The predicted octanol–water partition coefficient (Wildman–Crippen LogP) is 3.26. The summed E-state index contributed by atoms with van der Waals surface area (Å²) < 4.78 is 2.12. The number of carbonyl (C=O) groups excluding carboxylic acids is 1. The summed E-state index contributed by atoms with van der Waals surface area (Å²) in [7, 11) is 0. The third-order valence-corrected chi connectivity index (χ3v) is 5.52. The molecule has 1 aromatic carbocycles. The molecule has 0 spiro atoms. The summed E-state index contributed by atoms with van der Waals surface area (Å²) in [6.45, 7) is 1.71. The molecular formula is C17H13N5O2S3. The molecule has 3 rings (SSSR count). The van der Waals surface area contributed by atoms with Crippen LogP contribution in [0.3, 0.4) is 0 Å². The molecule has 0 aliphatic carbocycles. The standard InChI is InChI=1S/C17H13N5O2S3/c1-10-7-13(23)21-16(19-10)26-9-14(24)20-15-12(8-18)27-17(25)22(15)11-5-3-2-4-6-11/h2-7H,9H2,1H3,(H,20,24)(H,19,21,23). The zero-order valence-electron chi connectivity index (χ0n) is 14.1. The molecule has 2 N–H and O–H groups in total. The van der Waals surface area contributed by atoms with Gasteiger partial charge in [0, 0.05) is 17.4 Å². The van der Waals surface area contributed by atoms with Gasteiger partial charge >= 0.3 is 0 Å². The number of nitriles is 1. The number of thiazole rings is 1. The Kier molecular flexibility index (Phi) is 5.85. The number of amides is 1. The van der Waals surface area contributed by atoms with Crippen LogP contribution in [0, 0.1) is 22.2 Å². The Morgan fingerprint density at radius 3 is 2.85 bits per heavy atom. The summed E-state index contributed by atoms with van der Waals surface area (Å²) in [5.74, 6) is 0.0300. The highest BCUT2D eigenvalue weighted by Crippen LogP contribution is 2.28. The summed E-state index contributed by atoms with van der Waals surface area (Å²) in [6, 6.07) is 12.7. The van der Waals surface area contributed by atoms with Gasteiger partial charge in [0.15, 0.2) is 9.11 Å². The average Bonchev–Trinajstić information content (AvgIpc) is 2.95. The molecule has 1 amide bonds. The number of thioether (sulfide) groups is 1. The number of nitrogens with one attached hydrogen (secondary N) is 2. The van der Waals surface area contributed by atoms with Gasteiger partial charge in [-0.05, 0) is 31.3 Å².